The zero-order chi connectivity index (χ0) is 25.7. The van der Waals surface area contributed by atoms with Gasteiger partial charge < -0.3 is 1.43 Å². The number of hydrogen-bond acceptors (Lipinski definition) is 2. The van der Waals surface area contributed by atoms with Gasteiger partial charge in [-0.25, -0.2) is 0 Å². The van der Waals surface area contributed by atoms with E-state index < -0.39 is 14.9 Å². The van der Waals surface area contributed by atoms with Gasteiger partial charge in [0.25, 0.3) is 10.1 Å². The maximum Gasteiger partial charge on any atom is 1.00 e. The second-order valence-corrected chi connectivity index (χ2v) is 12.4. The predicted molar refractivity (Wildman–Crippen MR) is 154 cm³/mol. The molecule has 1 aromatic carbocycles. The Morgan fingerprint density at radius 1 is 0.583 bits per heavy atom. The summed E-state index contributed by atoms with van der Waals surface area (Å²) < 4.78 is 34.9. The van der Waals surface area contributed by atoms with E-state index in [1.807, 2.05) is 30.3 Å². The van der Waals surface area contributed by atoms with Crippen molar-refractivity contribution in [2.75, 3.05) is 0 Å². The van der Waals surface area contributed by atoms with Crippen LogP contribution in [0.15, 0.2) is 30.3 Å². The van der Waals surface area contributed by atoms with Crippen molar-refractivity contribution in [2.45, 2.75) is 160 Å². The van der Waals surface area contributed by atoms with Crippen LogP contribution in [-0.4, -0.2) is 13.0 Å². The van der Waals surface area contributed by atoms with Crippen LogP contribution in [0.1, 0.15) is 162 Å². The normalized spacial score (nSPS) is 12.0. The van der Waals surface area contributed by atoms with Crippen LogP contribution in [0.5, 0.6) is 0 Å². The molecule has 5 heteroatoms. The smallest absolute Gasteiger partial charge is 1.00 e. The van der Waals surface area contributed by atoms with Gasteiger partial charge in [0.05, 0.1) is 0 Å². The Morgan fingerprint density at radius 2 is 0.889 bits per heavy atom. The second kappa shape index (κ2) is 23.1. The van der Waals surface area contributed by atoms with Crippen molar-refractivity contribution in [2.24, 2.45) is 0 Å². The average molecular weight is 533 g/mol. The van der Waals surface area contributed by atoms with Crippen LogP contribution in [0.3, 0.4) is 0 Å². The van der Waals surface area contributed by atoms with E-state index in [2.05, 4.69) is 13.8 Å². The Morgan fingerprint density at radius 3 is 1.19 bits per heavy atom. The summed E-state index contributed by atoms with van der Waals surface area (Å²) in [6, 6.07) is 9.48. The fourth-order valence-corrected chi connectivity index (χ4v) is 6.60. The van der Waals surface area contributed by atoms with E-state index in [1.54, 1.807) is 0 Å². The molecule has 1 aromatic rings. The third kappa shape index (κ3) is 15.5. The van der Waals surface area contributed by atoms with Gasteiger partial charge in [-0.05, 0) is 18.4 Å². The zero-order valence-corrected chi connectivity index (χ0v) is 26.9. The van der Waals surface area contributed by atoms with Crippen molar-refractivity contribution in [3.63, 3.8) is 0 Å². The summed E-state index contributed by atoms with van der Waals surface area (Å²) in [5.41, 5.74) is 0.759. The summed E-state index contributed by atoms with van der Waals surface area (Å²) in [5, 5.41) is 0. The average Bonchev–Trinajstić information content (AvgIpc) is 2.84. The minimum Gasteiger partial charge on any atom is -1.00 e. The van der Waals surface area contributed by atoms with E-state index in [1.165, 1.54) is 89.9 Å². The molecule has 0 spiro atoms. The molecule has 1 rings (SSSR count). The summed E-state index contributed by atoms with van der Waals surface area (Å²) in [4.78, 5) is 0. The monoisotopic (exact) mass is 532 g/mol. The van der Waals surface area contributed by atoms with Crippen molar-refractivity contribution < 1.29 is 44.0 Å². The first-order valence-corrected chi connectivity index (χ1v) is 16.4. The third-order valence-corrected chi connectivity index (χ3v) is 9.29. The minimum absolute atomic E-state index is 0. The first-order chi connectivity index (χ1) is 17.0. The van der Waals surface area contributed by atoms with Gasteiger partial charge >= 0.3 is 29.6 Å². The van der Waals surface area contributed by atoms with Gasteiger partial charge in [0, 0.05) is 0 Å². The molecule has 0 aliphatic carbocycles. The molecule has 0 atom stereocenters. The van der Waals surface area contributed by atoms with Crippen LogP contribution in [0.4, 0.5) is 0 Å². The summed E-state index contributed by atoms with van der Waals surface area (Å²) in [7, 11) is -4.20. The molecule has 0 saturated heterocycles. The molecule has 0 heterocycles. The van der Waals surface area contributed by atoms with Crippen LogP contribution in [-0.2, 0) is 14.9 Å². The van der Waals surface area contributed by atoms with Crippen LogP contribution in [0.25, 0.3) is 0 Å². The van der Waals surface area contributed by atoms with Gasteiger partial charge in [-0.3, -0.25) is 4.55 Å². The molecular formula is C31H57NaO3S. The Bertz CT molecular complexity index is 688. The van der Waals surface area contributed by atoms with Gasteiger partial charge in [0.1, 0.15) is 4.75 Å². The standard InChI is InChI=1S/C31H56O3S.Na.H/c1-3-5-7-9-11-13-15-17-19-24-28-31(35(32,33)34,30-26-22-21-23-27-30)29-25-20-18-16-14-12-10-8-6-4-2;;/h21-23,26-27H,3-20,24-25,28-29H2,1-2H3,(H,32,33,34);;/q;+1;-1. The molecule has 0 unspecified atom stereocenters. The molecule has 1 N–H and O–H groups in total. The number of rotatable bonds is 24. The maximum atomic E-state index is 12.8. The van der Waals surface area contributed by atoms with E-state index in [0.717, 1.165) is 44.1 Å². The SMILES string of the molecule is CCCCCCCCCCCCC(CCCCCCCCCCCC)(c1ccccc1)S(=O)(=O)O.[H-].[Na+]. The summed E-state index contributed by atoms with van der Waals surface area (Å²) in [6.07, 6.45) is 25.4. The van der Waals surface area contributed by atoms with E-state index in [4.69, 9.17) is 0 Å². The van der Waals surface area contributed by atoms with E-state index in [0.29, 0.717) is 12.8 Å². The number of hydrogen-bond donors (Lipinski definition) is 1. The Kier molecular flexibility index (Phi) is 23.1. The minimum atomic E-state index is -4.20. The van der Waals surface area contributed by atoms with Gasteiger partial charge in [0.15, 0.2) is 0 Å². The predicted octanol–water partition coefficient (Wildman–Crippen LogP) is 7.51. The van der Waals surface area contributed by atoms with Crippen molar-refractivity contribution in [3.05, 3.63) is 35.9 Å². The molecule has 0 amide bonds. The van der Waals surface area contributed by atoms with E-state index in [-0.39, 0.29) is 31.0 Å². The molecule has 0 saturated carbocycles. The van der Waals surface area contributed by atoms with Gasteiger partial charge in [-0.2, -0.15) is 8.42 Å². The quantitative estimate of drug-likeness (QED) is 0.0851. The van der Waals surface area contributed by atoms with Gasteiger partial charge in [-0.1, -0.05) is 173 Å². The Hall–Kier alpha value is 0.130. The van der Waals surface area contributed by atoms with E-state index >= 15 is 0 Å². The summed E-state index contributed by atoms with van der Waals surface area (Å²) >= 11 is 0. The van der Waals surface area contributed by atoms with Crippen LogP contribution >= 0.6 is 0 Å². The molecule has 36 heavy (non-hydrogen) atoms. The van der Waals surface area contributed by atoms with Gasteiger partial charge in [0.2, 0.25) is 0 Å². The largest absolute Gasteiger partial charge is 1.00 e. The van der Waals surface area contributed by atoms with Gasteiger partial charge in [-0.15, -0.1) is 0 Å². The third-order valence-electron chi connectivity index (χ3n) is 7.66. The summed E-state index contributed by atoms with van der Waals surface area (Å²) in [6.45, 7) is 4.50. The summed E-state index contributed by atoms with van der Waals surface area (Å²) in [5.74, 6) is 0. The number of benzene rings is 1. The molecule has 0 aliphatic rings. The molecular weight excluding hydrogens is 475 g/mol. The van der Waals surface area contributed by atoms with Crippen LogP contribution < -0.4 is 29.6 Å². The Balaban J connectivity index is 0. The fraction of sp³-hybridized carbons (Fsp3) is 0.806. The maximum absolute atomic E-state index is 12.8. The molecule has 0 aromatic heterocycles. The van der Waals surface area contributed by atoms with E-state index in [9.17, 15) is 13.0 Å². The van der Waals surface area contributed by atoms with Crippen LogP contribution in [0, 0.1) is 0 Å². The van der Waals surface area contributed by atoms with Crippen molar-refractivity contribution >= 4 is 10.1 Å². The Labute approximate surface area is 248 Å². The first-order valence-electron chi connectivity index (χ1n) is 15.0. The second-order valence-electron chi connectivity index (χ2n) is 10.7. The van der Waals surface area contributed by atoms with Crippen molar-refractivity contribution in [1.82, 2.24) is 0 Å². The number of unbranched alkanes of at least 4 members (excludes halogenated alkanes) is 18. The fourth-order valence-electron chi connectivity index (χ4n) is 5.36. The molecule has 0 bridgehead atoms. The molecule has 0 radical (unpaired) electrons. The molecule has 0 aliphatic heterocycles. The molecule has 3 nitrogen and oxygen atoms in total. The van der Waals surface area contributed by atoms with Crippen LogP contribution in [0.2, 0.25) is 0 Å². The van der Waals surface area contributed by atoms with Crippen molar-refractivity contribution in [1.29, 1.82) is 0 Å². The molecule has 0 fully saturated rings. The zero-order valence-electron chi connectivity index (χ0n) is 25.1. The topological polar surface area (TPSA) is 54.4 Å². The molecule has 206 valence electrons. The first kappa shape index (κ1) is 36.1. The van der Waals surface area contributed by atoms with Crippen molar-refractivity contribution in [3.8, 4) is 0 Å².